The van der Waals surface area contributed by atoms with Gasteiger partial charge in [-0.15, -0.1) is 0 Å². The normalized spacial score (nSPS) is 10.2. The van der Waals surface area contributed by atoms with Gasteiger partial charge in [0.15, 0.2) is 0 Å². The van der Waals surface area contributed by atoms with Gasteiger partial charge in [0, 0.05) is 6.42 Å². The molecule has 0 aliphatic heterocycles. The maximum Gasteiger partial charge on any atom is 0.305 e. The lowest BCUT2D eigenvalue weighted by Gasteiger charge is -2.01. The van der Waals surface area contributed by atoms with Crippen molar-refractivity contribution in [3.63, 3.8) is 0 Å². The molecule has 21 heavy (non-hydrogen) atoms. The van der Waals surface area contributed by atoms with E-state index >= 15 is 0 Å². The summed E-state index contributed by atoms with van der Waals surface area (Å²) < 4.78 is 9.25. The van der Waals surface area contributed by atoms with Crippen LogP contribution in [0.15, 0.2) is 12.5 Å². The van der Waals surface area contributed by atoms with Crippen LogP contribution in [0.25, 0.3) is 0 Å². The van der Waals surface area contributed by atoms with Gasteiger partial charge in [-0.1, -0.05) is 26.7 Å². The molecular formula is C16H29BrN2O2. The van der Waals surface area contributed by atoms with E-state index in [4.69, 9.17) is 4.74 Å². The topological polar surface area (TPSA) is 35.1 Å². The van der Waals surface area contributed by atoms with Crippen molar-refractivity contribution in [1.29, 1.82) is 0 Å². The summed E-state index contributed by atoms with van der Waals surface area (Å²) in [7, 11) is 1.45. The maximum atomic E-state index is 11.3. The van der Waals surface area contributed by atoms with E-state index < -0.39 is 0 Å². The van der Waals surface area contributed by atoms with E-state index in [2.05, 4.69) is 35.5 Å². The number of halogens is 1. The van der Waals surface area contributed by atoms with Gasteiger partial charge in [-0.25, -0.2) is 9.13 Å². The van der Waals surface area contributed by atoms with Crippen LogP contribution in [0.4, 0.5) is 0 Å². The highest BCUT2D eigenvalue weighted by Crippen LogP contribution is 2.07. The highest BCUT2D eigenvalue weighted by atomic mass is 79.9. The number of aromatic nitrogens is 2. The Balaban J connectivity index is 0.00000400. The Morgan fingerprint density at radius 2 is 2.00 bits per heavy atom. The number of nitrogens with zero attached hydrogens (tertiary/aromatic N) is 2. The molecule has 0 aliphatic carbocycles. The molecular weight excluding hydrogens is 332 g/mol. The van der Waals surface area contributed by atoms with Gasteiger partial charge in [0.1, 0.15) is 11.9 Å². The largest absolute Gasteiger partial charge is 1.00 e. The molecule has 0 radical (unpaired) electrons. The van der Waals surface area contributed by atoms with E-state index in [0.717, 1.165) is 25.9 Å². The fourth-order valence-electron chi connectivity index (χ4n) is 2.38. The number of imidazole rings is 1. The maximum absolute atomic E-state index is 11.3. The zero-order chi connectivity index (χ0) is 14.8. The molecule has 4 nitrogen and oxygen atoms in total. The van der Waals surface area contributed by atoms with Crippen LogP contribution in [0.3, 0.4) is 0 Å². The molecule has 0 amide bonds. The zero-order valence-corrected chi connectivity index (χ0v) is 15.2. The number of aryl methyl sites for hydroxylation is 3. The van der Waals surface area contributed by atoms with Crippen molar-refractivity contribution in [3.05, 3.63) is 18.2 Å². The molecule has 0 saturated carbocycles. The minimum Gasteiger partial charge on any atom is -1.00 e. The van der Waals surface area contributed by atoms with Crippen molar-refractivity contribution < 1.29 is 31.1 Å². The summed E-state index contributed by atoms with van der Waals surface area (Å²) in [4.78, 5) is 11.3. The third-order valence-corrected chi connectivity index (χ3v) is 3.52. The van der Waals surface area contributed by atoms with E-state index in [1.54, 1.807) is 0 Å². The Morgan fingerprint density at radius 3 is 2.62 bits per heavy atom. The van der Waals surface area contributed by atoms with Crippen LogP contribution in [0.5, 0.6) is 0 Å². The molecule has 0 N–H and O–H groups in total. The number of hydrogen-bond donors (Lipinski definition) is 0. The highest BCUT2D eigenvalue weighted by molar-refractivity contribution is 5.69. The van der Waals surface area contributed by atoms with E-state index in [1.165, 1.54) is 38.5 Å². The second-order valence-corrected chi connectivity index (χ2v) is 5.30. The molecule has 1 heterocycles. The number of methoxy groups -OCH3 is 1. The predicted octanol–water partition coefficient (Wildman–Crippen LogP) is -0.124. The lowest BCUT2D eigenvalue weighted by atomic mass is 10.2. The van der Waals surface area contributed by atoms with Gasteiger partial charge >= 0.3 is 5.97 Å². The third-order valence-electron chi connectivity index (χ3n) is 3.52. The minimum absolute atomic E-state index is 0. The molecule has 0 aromatic carbocycles. The summed E-state index contributed by atoms with van der Waals surface area (Å²) in [5.41, 5.74) is 1.24. The van der Waals surface area contributed by atoms with Crippen LogP contribution < -0.4 is 21.5 Å². The smallest absolute Gasteiger partial charge is 0.305 e. The first kappa shape index (κ1) is 20.2. The molecule has 0 bridgehead atoms. The molecule has 1 aromatic heterocycles. The molecule has 1 rings (SSSR count). The van der Waals surface area contributed by atoms with Crippen LogP contribution in [-0.4, -0.2) is 17.6 Å². The monoisotopic (exact) mass is 360 g/mol. The fourth-order valence-corrected chi connectivity index (χ4v) is 2.38. The lowest BCUT2D eigenvalue weighted by Crippen LogP contribution is -3.00. The number of carbonyl (C=O) groups excluding carboxylic acids is 1. The average molecular weight is 361 g/mol. The van der Waals surface area contributed by atoms with Crippen LogP contribution in [0.1, 0.15) is 58.1 Å². The number of rotatable bonds is 10. The summed E-state index contributed by atoms with van der Waals surface area (Å²) >= 11 is 0. The SMILES string of the molecule is CCCCCCn1c[n+](CCC)cc1CCC(=O)OC.[Br-]. The lowest BCUT2D eigenvalue weighted by molar-refractivity contribution is -0.696. The van der Waals surface area contributed by atoms with Gasteiger partial charge in [-0.2, -0.15) is 0 Å². The summed E-state index contributed by atoms with van der Waals surface area (Å²) in [6, 6.07) is 0. The van der Waals surface area contributed by atoms with Gasteiger partial charge in [0.2, 0.25) is 6.33 Å². The van der Waals surface area contributed by atoms with E-state index in [9.17, 15) is 4.79 Å². The molecule has 0 saturated heterocycles. The summed E-state index contributed by atoms with van der Waals surface area (Å²) in [6.45, 7) is 6.49. The molecule has 0 unspecified atom stereocenters. The summed E-state index contributed by atoms with van der Waals surface area (Å²) in [5.74, 6) is -0.134. The Morgan fingerprint density at radius 1 is 1.24 bits per heavy atom. The number of carbonyl (C=O) groups is 1. The van der Waals surface area contributed by atoms with Gasteiger partial charge < -0.3 is 21.7 Å². The van der Waals surface area contributed by atoms with Crippen molar-refractivity contribution in [2.75, 3.05) is 7.11 Å². The van der Waals surface area contributed by atoms with Crippen molar-refractivity contribution >= 4 is 5.97 Å². The first-order valence-electron chi connectivity index (χ1n) is 7.86. The minimum atomic E-state index is -0.134. The van der Waals surface area contributed by atoms with Gasteiger partial charge in [0.05, 0.1) is 26.6 Å². The quantitative estimate of drug-likeness (QED) is 0.331. The Bertz CT molecular complexity index is 405. The second kappa shape index (κ2) is 11.8. The molecule has 0 fully saturated rings. The van der Waals surface area contributed by atoms with Crippen LogP contribution in [0.2, 0.25) is 0 Å². The van der Waals surface area contributed by atoms with E-state index in [-0.39, 0.29) is 23.0 Å². The fraction of sp³-hybridized carbons (Fsp3) is 0.750. The molecule has 0 aliphatic rings. The van der Waals surface area contributed by atoms with Crippen LogP contribution >= 0.6 is 0 Å². The first-order chi connectivity index (χ1) is 9.71. The van der Waals surface area contributed by atoms with Gasteiger partial charge in [0.25, 0.3) is 0 Å². The van der Waals surface area contributed by atoms with Crippen LogP contribution in [0, 0.1) is 0 Å². The molecule has 122 valence electrons. The van der Waals surface area contributed by atoms with Crippen molar-refractivity contribution in [3.8, 4) is 0 Å². The van der Waals surface area contributed by atoms with E-state index in [1.807, 2.05) is 0 Å². The number of esters is 1. The van der Waals surface area contributed by atoms with Gasteiger partial charge in [-0.3, -0.25) is 4.79 Å². The van der Waals surface area contributed by atoms with Crippen molar-refractivity contribution in [2.45, 2.75) is 71.9 Å². The number of hydrogen-bond acceptors (Lipinski definition) is 2. The summed E-state index contributed by atoms with van der Waals surface area (Å²) in [5, 5.41) is 0. The molecule has 0 spiro atoms. The number of unbranched alkanes of at least 4 members (excludes halogenated alkanes) is 3. The highest BCUT2D eigenvalue weighted by Gasteiger charge is 2.14. The molecule has 5 heteroatoms. The Labute approximate surface area is 139 Å². The predicted molar refractivity (Wildman–Crippen MR) is 79.4 cm³/mol. The third kappa shape index (κ3) is 7.65. The molecule has 0 atom stereocenters. The van der Waals surface area contributed by atoms with Gasteiger partial charge in [-0.05, 0) is 19.3 Å². The van der Waals surface area contributed by atoms with Crippen molar-refractivity contribution in [1.82, 2.24) is 4.57 Å². The first-order valence-corrected chi connectivity index (χ1v) is 7.86. The standard InChI is InChI=1S/C16H29N2O2.BrH/c1-4-6-7-8-12-18-14-17(11-5-2)13-15(18)9-10-16(19)20-3;/h13-14H,4-12H2,1-3H3;1H/q+1;/p-1. The Kier molecular flexibility index (Phi) is 11.3. The average Bonchev–Trinajstić information content (AvgIpc) is 2.83. The van der Waals surface area contributed by atoms with E-state index in [0.29, 0.717) is 6.42 Å². The Hall–Kier alpha value is -0.840. The van der Waals surface area contributed by atoms with Crippen molar-refractivity contribution in [2.24, 2.45) is 0 Å². The number of ether oxygens (including phenoxy) is 1. The second-order valence-electron chi connectivity index (χ2n) is 5.30. The summed E-state index contributed by atoms with van der Waals surface area (Å²) in [6.07, 6.45) is 11.7. The van der Waals surface area contributed by atoms with Crippen LogP contribution in [-0.2, 0) is 29.0 Å². The zero-order valence-electron chi connectivity index (χ0n) is 13.6. The molecule has 1 aromatic rings.